The van der Waals surface area contributed by atoms with E-state index in [2.05, 4.69) is 21.0 Å². The van der Waals surface area contributed by atoms with Crippen LogP contribution in [0.4, 0.5) is 16.0 Å². The van der Waals surface area contributed by atoms with Crippen molar-refractivity contribution in [3.8, 4) is 12.3 Å². The number of pyridine rings is 1. The van der Waals surface area contributed by atoms with Crippen molar-refractivity contribution in [2.24, 2.45) is 5.41 Å². The first kappa shape index (κ1) is 22.3. The average molecular weight is 481 g/mol. The maximum atomic E-state index is 14.7. The highest BCUT2D eigenvalue weighted by Gasteiger charge is 2.52. The quantitative estimate of drug-likeness (QED) is 0.330. The first-order valence-electron chi connectivity index (χ1n) is 10.7. The van der Waals surface area contributed by atoms with Gasteiger partial charge in [0.2, 0.25) is 0 Å². The Bertz CT molecular complexity index is 1470. The SMILES string of the molecule is C#C[C@]1(CCc2cc(F)c3cc(Cl)c(N)nc3c2)C[C@@H](c2ccc3c(N)ncnn23)[C@H](O)[C@@H]1O. The van der Waals surface area contributed by atoms with Crippen molar-refractivity contribution < 1.29 is 14.6 Å². The summed E-state index contributed by atoms with van der Waals surface area (Å²) < 4.78 is 16.3. The largest absolute Gasteiger partial charge is 0.390 e. The predicted octanol–water partition coefficient (Wildman–Crippen LogP) is 2.70. The summed E-state index contributed by atoms with van der Waals surface area (Å²) in [6, 6.07) is 8.14. The second kappa shape index (κ2) is 8.09. The second-order valence-corrected chi connectivity index (χ2v) is 9.15. The van der Waals surface area contributed by atoms with Gasteiger partial charge in [-0.2, -0.15) is 5.10 Å². The molecule has 1 aliphatic rings. The van der Waals surface area contributed by atoms with Crippen LogP contribution in [-0.2, 0) is 6.42 Å². The summed E-state index contributed by atoms with van der Waals surface area (Å²) in [6.45, 7) is 0. The first-order valence-corrected chi connectivity index (χ1v) is 11.1. The van der Waals surface area contributed by atoms with Crippen LogP contribution in [0.3, 0.4) is 0 Å². The van der Waals surface area contributed by atoms with Crippen LogP contribution in [-0.4, -0.2) is 42.0 Å². The number of rotatable bonds is 4. The van der Waals surface area contributed by atoms with Crippen LogP contribution >= 0.6 is 11.6 Å². The monoisotopic (exact) mass is 480 g/mol. The van der Waals surface area contributed by atoms with Crippen molar-refractivity contribution >= 4 is 39.7 Å². The zero-order valence-corrected chi connectivity index (χ0v) is 18.7. The fraction of sp³-hybridized carbons (Fsp3) is 0.292. The van der Waals surface area contributed by atoms with E-state index < -0.39 is 29.4 Å². The molecule has 5 rings (SSSR count). The number of aryl methyl sites for hydroxylation is 1. The van der Waals surface area contributed by atoms with E-state index in [1.807, 2.05) is 0 Å². The molecule has 174 valence electrons. The van der Waals surface area contributed by atoms with E-state index in [0.29, 0.717) is 47.4 Å². The Labute approximate surface area is 199 Å². The molecule has 0 radical (unpaired) electrons. The lowest BCUT2D eigenvalue weighted by Gasteiger charge is -2.27. The van der Waals surface area contributed by atoms with Crippen molar-refractivity contribution in [1.29, 1.82) is 0 Å². The van der Waals surface area contributed by atoms with Crippen molar-refractivity contribution in [1.82, 2.24) is 19.6 Å². The molecule has 0 saturated heterocycles. The molecule has 0 bridgehead atoms. The van der Waals surface area contributed by atoms with E-state index in [1.165, 1.54) is 18.5 Å². The highest BCUT2D eigenvalue weighted by atomic mass is 35.5. The van der Waals surface area contributed by atoms with E-state index in [4.69, 9.17) is 29.5 Å². The molecule has 4 aromatic rings. The molecule has 34 heavy (non-hydrogen) atoms. The number of nitrogens with two attached hydrogens (primary N) is 2. The Morgan fingerprint density at radius 3 is 2.79 bits per heavy atom. The van der Waals surface area contributed by atoms with Gasteiger partial charge >= 0.3 is 0 Å². The first-order chi connectivity index (χ1) is 16.2. The van der Waals surface area contributed by atoms with Gasteiger partial charge in [0.25, 0.3) is 0 Å². The van der Waals surface area contributed by atoms with Crippen LogP contribution in [0.2, 0.25) is 5.02 Å². The summed E-state index contributed by atoms with van der Waals surface area (Å²) in [5.41, 5.74) is 13.0. The molecule has 1 aliphatic carbocycles. The van der Waals surface area contributed by atoms with Crippen LogP contribution < -0.4 is 11.5 Å². The third kappa shape index (κ3) is 3.42. The normalized spacial score (nSPS) is 24.6. The van der Waals surface area contributed by atoms with E-state index in [1.54, 1.807) is 22.7 Å². The van der Waals surface area contributed by atoms with Crippen LogP contribution in [0.15, 0.2) is 36.7 Å². The lowest BCUT2D eigenvalue weighted by Crippen LogP contribution is -2.35. The van der Waals surface area contributed by atoms with Gasteiger partial charge in [-0.3, -0.25) is 0 Å². The topological polar surface area (TPSA) is 136 Å². The summed E-state index contributed by atoms with van der Waals surface area (Å²) >= 11 is 5.97. The van der Waals surface area contributed by atoms with Gasteiger partial charge in [0, 0.05) is 17.0 Å². The highest BCUT2D eigenvalue weighted by Crippen LogP contribution is 2.49. The average Bonchev–Trinajstić information content (AvgIpc) is 3.35. The minimum absolute atomic E-state index is 0.117. The van der Waals surface area contributed by atoms with Crippen molar-refractivity contribution in [2.75, 3.05) is 11.5 Å². The maximum Gasteiger partial charge on any atom is 0.151 e. The molecular weight excluding hydrogens is 459 g/mol. The van der Waals surface area contributed by atoms with Crippen LogP contribution in [0.25, 0.3) is 16.4 Å². The number of hydrogen-bond acceptors (Lipinski definition) is 7. The van der Waals surface area contributed by atoms with Crippen LogP contribution in [0, 0.1) is 23.6 Å². The minimum atomic E-state index is -1.18. The summed E-state index contributed by atoms with van der Waals surface area (Å²) in [4.78, 5) is 8.15. The molecule has 1 aromatic carbocycles. The standard InChI is InChI=1S/C24H22ClFN6O2/c1-2-24(6-5-12-7-16(26)13-9-15(25)22(27)31-17(13)8-12)10-14(20(33)21(24)34)18-3-4-19-23(28)29-11-30-32(18)19/h1,3-4,7-9,11,14,20-21,33-34H,5-6,10H2,(H2,27,31)(H2,28,29,30)/t14-,20-,21-,24-/m0/s1. The van der Waals surface area contributed by atoms with Crippen molar-refractivity contribution in [3.05, 3.63) is 58.8 Å². The number of terminal acetylenes is 1. The number of nitrogens with zero attached hydrogens (tertiary/aromatic N) is 4. The van der Waals surface area contributed by atoms with Gasteiger partial charge in [-0.05, 0) is 55.2 Å². The fourth-order valence-corrected chi connectivity index (χ4v) is 5.12. The molecule has 4 atom stereocenters. The molecule has 3 aromatic heterocycles. The Morgan fingerprint density at radius 2 is 2.03 bits per heavy atom. The molecule has 1 saturated carbocycles. The van der Waals surface area contributed by atoms with Gasteiger partial charge in [0.1, 0.15) is 23.5 Å². The van der Waals surface area contributed by atoms with Gasteiger partial charge in [-0.1, -0.05) is 17.5 Å². The number of halogens is 2. The van der Waals surface area contributed by atoms with E-state index in [-0.39, 0.29) is 16.2 Å². The van der Waals surface area contributed by atoms with Gasteiger partial charge in [-0.15, -0.1) is 6.42 Å². The number of aromatic nitrogens is 4. The fourth-order valence-electron chi connectivity index (χ4n) is 4.97. The molecule has 0 aliphatic heterocycles. The smallest absolute Gasteiger partial charge is 0.151 e. The second-order valence-electron chi connectivity index (χ2n) is 8.75. The van der Waals surface area contributed by atoms with Crippen molar-refractivity contribution in [2.45, 2.75) is 37.4 Å². The third-order valence-electron chi connectivity index (χ3n) is 6.85. The van der Waals surface area contributed by atoms with Gasteiger partial charge in [-0.25, -0.2) is 18.9 Å². The van der Waals surface area contributed by atoms with Crippen LogP contribution in [0.5, 0.6) is 0 Å². The van der Waals surface area contributed by atoms with Crippen LogP contribution in [0.1, 0.15) is 30.0 Å². The van der Waals surface area contributed by atoms with Crippen molar-refractivity contribution in [3.63, 3.8) is 0 Å². The zero-order chi connectivity index (χ0) is 24.2. The summed E-state index contributed by atoms with van der Waals surface area (Å²) in [5, 5.41) is 26.6. The molecule has 6 N–H and O–H groups in total. The molecule has 10 heteroatoms. The predicted molar refractivity (Wildman–Crippen MR) is 127 cm³/mol. The minimum Gasteiger partial charge on any atom is -0.390 e. The lowest BCUT2D eigenvalue weighted by molar-refractivity contribution is -0.00656. The molecule has 1 fully saturated rings. The zero-order valence-electron chi connectivity index (χ0n) is 18.0. The number of anilines is 2. The van der Waals surface area contributed by atoms with Gasteiger partial charge in [0.15, 0.2) is 5.82 Å². The van der Waals surface area contributed by atoms with E-state index in [0.717, 1.165) is 0 Å². The molecule has 0 amide bonds. The third-order valence-corrected chi connectivity index (χ3v) is 7.15. The Kier molecular flexibility index (Phi) is 5.32. The van der Waals surface area contributed by atoms with E-state index >= 15 is 0 Å². The summed E-state index contributed by atoms with van der Waals surface area (Å²) in [7, 11) is 0. The Balaban J connectivity index is 1.44. The summed E-state index contributed by atoms with van der Waals surface area (Å²) in [6.07, 6.45) is 5.96. The molecular formula is C24H22ClFN6O2. The Morgan fingerprint density at radius 1 is 1.24 bits per heavy atom. The molecule has 0 spiro atoms. The molecule has 3 heterocycles. The molecule has 0 unspecified atom stereocenters. The Hall–Kier alpha value is -3.45. The van der Waals surface area contributed by atoms with E-state index in [9.17, 15) is 14.6 Å². The molecule has 8 nitrogen and oxygen atoms in total. The highest BCUT2D eigenvalue weighted by molar-refractivity contribution is 6.33. The number of hydrogen-bond donors (Lipinski definition) is 4. The summed E-state index contributed by atoms with van der Waals surface area (Å²) in [5.74, 6) is 2.21. The van der Waals surface area contributed by atoms with Gasteiger partial charge < -0.3 is 21.7 Å². The lowest BCUT2D eigenvalue weighted by atomic mass is 9.78. The number of aliphatic hydroxyl groups is 2. The number of nitrogen functional groups attached to an aromatic ring is 2. The van der Waals surface area contributed by atoms with Gasteiger partial charge in [0.05, 0.1) is 28.2 Å². The number of fused-ring (bicyclic) bond motifs is 2. The number of benzene rings is 1. The maximum absolute atomic E-state index is 14.7. The number of aliphatic hydroxyl groups excluding tert-OH is 2.